The Balaban J connectivity index is 3.44. The molecule has 0 spiro atoms. The Morgan fingerprint density at radius 3 is 2.33 bits per heavy atom. The van der Waals surface area contributed by atoms with Gasteiger partial charge < -0.3 is 0 Å². The van der Waals surface area contributed by atoms with E-state index in [0.717, 1.165) is 6.42 Å². The predicted molar refractivity (Wildman–Crippen MR) is 60.8 cm³/mol. The van der Waals surface area contributed by atoms with Crippen LogP contribution in [-0.4, -0.2) is 4.83 Å². The molecular weight excluding hydrogens is 212 g/mol. The van der Waals surface area contributed by atoms with Gasteiger partial charge in [0, 0.05) is 4.83 Å². The molecule has 0 radical (unpaired) electrons. The van der Waals surface area contributed by atoms with Crippen LogP contribution in [0.2, 0.25) is 0 Å². The molecule has 1 unspecified atom stereocenters. The number of unbranched alkanes of at least 4 members (excludes halogenated alkanes) is 2. The highest BCUT2D eigenvalue weighted by Crippen LogP contribution is 2.29. The molecule has 1 atom stereocenters. The molecule has 72 valence electrons. The summed E-state index contributed by atoms with van der Waals surface area (Å²) in [4.78, 5) is 0.648. The molecule has 0 rings (SSSR count). The summed E-state index contributed by atoms with van der Waals surface area (Å²) in [7, 11) is 0. The largest absolute Gasteiger partial charge is 0.103 e. The standard InChI is InChI=1S/C11H21Br/c1-5-6-7-8-9-10(12)11(2,3)4/h5,10H,1,6-9H2,2-4H3. The Hall–Kier alpha value is 0.220. The first-order chi connectivity index (χ1) is 5.48. The number of rotatable bonds is 5. The highest BCUT2D eigenvalue weighted by molar-refractivity contribution is 9.09. The molecule has 0 N–H and O–H groups in total. The van der Waals surface area contributed by atoms with E-state index in [1.54, 1.807) is 0 Å². The molecule has 0 aromatic rings. The average molecular weight is 233 g/mol. The van der Waals surface area contributed by atoms with Crippen LogP contribution >= 0.6 is 15.9 Å². The van der Waals surface area contributed by atoms with Crippen LogP contribution in [0.4, 0.5) is 0 Å². The summed E-state index contributed by atoms with van der Waals surface area (Å²) < 4.78 is 0. The van der Waals surface area contributed by atoms with Gasteiger partial charge in [0.2, 0.25) is 0 Å². The molecule has 0 saturated carbocycles. The highest BCUT2D eigenvalue weighted by atomic mass is 79.9. The van der Waals surface area contributed by atoms with Gasteiger partial charge in [0.05, 0.1) is 0 Å². The fourth-order valence-corrected chi connectivity index (χ4v) is 1.37. The zero-order chi connectivity index (χ0) is 9.61. The van der Waals surface area contributed by atoms with Crippen molar-refractivity contribution in [3.05, 3.63) is 12.7 Å². The summed E-state index contributed by atoms with van der Waals surface area (Å²) in [5, 5.41) is 0. The molecule has 0 aromatic carbocycles. The van der Waals surface area contributed by atoms with Gasteiger partial charge in [-0.2, -0.15) is 0 Å². The maximum atomic E-state index is 3.72. The fraction of sp³-hybridized carbons (Fsp3) is 0.818. The van der Waals surface area contributed by atoms with Crippen molar-refractivity contribution in [2.75, 3.05) is 0 Å². The van der Waals surface area contributed by atoms with Crippen molar-refractivity contribution in [1.29, 1.82) is 0 Å². The maximum Gasteiger partial charge on any atom is 0.0194 e. The van der Waals surface area contributed by atoms with Gasteiger partial charge in [0.1, 0.15) is 0 Å². The summed E-state index contributed by atoms with van der Waals surface area (Å²) in [6, 6.07) is 0. The van der Waals surface area contributed by atoms with Gasteiger partial charge in [-0.1, -0.05) is 49.2 Å². The van der Waals surface area contributed by atoms with Crippen LogP contribution in [0.15, 0.2) is 12.7 Å². The Morgan fingerprint density at radius 1 is 1.33 bits per heavy atom. The topological polar surface area (TPSA) is 0 Å². The molecule has 0 heterocycles. The van der Waals surface area contributed by atoms with Crippen LogP contribution in [-0.2, 0) is 0 Å². The molecule has 0 bridgehead atoms. The first-order valence-electron chi connectivity index (χ1n) is 4.73. The summed E-state index contributed by atoms with van der Waals surface area (Å²) >= 11 is 3.72. The van der Waals surface area contributed by atoms with Crippen LogP contribution < -0.4 is 0 Å². The summed E-state index contributed by atoms with van der Waals surface area (Å²) in [6.45, 7) is 10.5. The minimum atomic E-state index is 0.397. The van der Waals surface area contributed by atoms with Crippen LogP contribution in [0.3, 0.4) is 0 Å². The van der Waals surface area contributed by atoms with Crippen molar-refractivity contribution in [2.24, 2.45) is 5.41 Å². The minimum Gasteiger partial charge on any atom is -0.103 e. The third kappa shape index (κ3) is 5.82. The number of hydrogen-bond acceptors (Lipinski definition) is 0. The second-order valence-corrected chi connectivity index (χ2v) is 5.51. The van der Waals surface area contributed by atoms with Crippen molar-refractivity contribution in [2.45, 2.75) is 51.3 Å². The lowest BCUT2D eigenvalue weighted by Crippen LogP contribution is -2.19. The molecule has 0 aromatic heterocycles. The van der Waals surface area contributed by atoms with Gasteiger partial charge in [-0.15, -0.1) is 6.58 Å². The van der Waals surface area contributed by atoms with Crippen molar-refractivity contribution < 1.29 is 0 Å². The number of halogens is 1. The molecule has 0 amide bonds. The number of alkyl halides is 1. The second-order valence-electron chi connectivity index (χ2n) is 4.41. The van der Waals surface area contributed by atoms with E-state index in [2.05, 4.69) is 43.3 Å². The predicted octanol–water partition coefficient (Wildman–Crippen LogP) is 4.54. The molecule has 12 heavy (non-hydrogen) atoms. The third-order valence-corrected chi connectivity index (χ3v) is 3.89. The summed E-state index contributed by atoms with van der Waals surface area (Å²) in [5.41, 5.74) is 0.397. The lowest BCUT2D eigenvalue weighted by molar-refractivity contribution is 0.378. The van der Waals surface area contributed by atoms with E-state index in [4.69, 9.17) is 0 Å². The van der Waals surface area contributed by atoms with Crippen LogP contribution in [0.1, 0.15) is 46.5 Å². The van der Waals surface area contributed by atoms with Gasteiger partial charge in [0.25, 0.3) is 0 Å². The summed E-state index contributed by atoms with van der Waals surface area (Å²) in [5.74, 6) is 0. The van der Waals surface area contributed by atoms with Gasteiger partial charge in [0.15, 0.2) is 0 Å². The maximum absolute atomic E-state index is 3.72. The van der Waals surface area contributed by atoms with Crippen LogP contribution in [0.25, 0.3) is 0 Å². The van der Waals surface area contributed by atoms with Gasteiger partial charge >= 0.3 is 0 Å². The molecule has 1 heteroatoms. The lowest BCUT2D eigenvalue weighted by Gasteiger charge is -2.25. The Kier molecular flexibility index (Phi) is 5.90. The number of allylic oxidation sites excluding steroid dienone is 1. The van der Waals surface area contributed by atoms with E-state index < -0.39 is 0 Å². The monoisotopic (exact) mass is 232 g/mol. The fourth-order valence-electron chi connectivity index (χ4n) is 1.05. The quantitative estimate of drug-likeness (QED) is 0.371. The molecule has 0 nitrogen and oxygen atoms in total. The van der Waals surface area contributed by atoms with E-state index in [9.17, 15) is 0 Å². The first kappa shape index (κ1) is 12.2. The first-order valence-corrected chi connectivity index (χ1v) is 5.65. The molecule has 0 aliphatic carbocycles. The average Bonchev–Trinajstić information content (AvgIpc) is 1.96. The minimum absolute atomic E-state index is 0.397. The van der Waals surface area contributed by atoms with Crippen LogP contribution in [0, 0.1) is 5.41 Å². The van der Waals surface area contributed by atoms with Crippen LogP contribution in [0.5, 0.6) is 0 Å². The highest BCUT2D eigenvalue weighted by Gasteiger charge is 2.20. The van der Waals surface area contributed by atoms with Gasteiger partial charge in [-0.3, -0.25) is 0 Å². The SMILES string of the molecule is C=CCCCCC(Br)C(C)(C)C. The Morgan fingerprint density at radius 2 is 1.92 bits per heavy atom. The Labute approximate surface area is 85.6 Å². The van der Waals surface area contributed by atoms with Crippen molar-refractivity contribution >= 4 is 15.9 Å². The number of hydrogen-bond donors (Lipinski definition) is 0. The smallest absolute Gasteiger partial charge is 0.0194 e. The van der Waals surface area contributed by atoms with E-state index >= 15 is 0 Å². The normalized spacial score (nSPS) is 14.3. The van der Waals surface area contributed by atoms with E-state index in [-0.39, 0.29) is 0 Å². The molecular formula is C11H21Br. The molecule has 0 aliphatic rings. The summed E-state index contributed by atoms with van der Waals surface area (Å²) in [6.07, 6.45) is 7.02. The second kappa shape index (κ2) is 5.80. The van der Waals surface area contributed by atoms with Crippen molar-refractivity contribution in [3.8, 4) is 0 Å². The Bertz CT molecular complexity index is 121. The lowest BCUT2D eigenvalue weighted by atomic mass is 9.89. The van der Waals surface area contributed by atoms with Gasteiger partial charge in [-0.05, 0) is 24.7 Å². The molecule has 0 saturated heterocycles. The van der Waals surface area contributed by atoms with E-state index in [1.165, 1.54) is 19.3 Å². The third-order valence-electron chi connectivity index (χ3n) is 2.06. The van der Waals surface area contributed by atoms with E-state index in [0.29, 0.717) is 10.2 Å². The van der Waals surface area contributed by atoms with E-state index in [1.807, 2.05) is 6.08 Å². The van der Waals surface area contributed by atoms with Crippen molar-refractivity contribution in [1.82, 2.24) is 0 Å². The zero-order valence-electron chi connectivity index (χ0n) is 8.57. The molecule has 0 aliphatic heterocycles. The zero-order valence-corrected chi connectivity index (χ0v) is 10.2. The molecule has 0 fully saturated rings. The van der Waals surface area contributed by atoms with Gasteiger partial charge in [-0.25, -0.2) is 0 Å². The van der Waals surface area contributed by atoms with Crippen molar-refractivity contribution in [3.63, 3.8) is 0 Å².